The largest absolute Gasteiger partial charge is 0.444 e. The highest BCUT2D eigenvalue weighted by Crippen LogP contribution is 2.37. The average molecular weight is 475 g/mol. The van der Waals surface area contributed by atoms with E-state index in [4.69, 9.17) is 4.74 Å². The van der Waals surface area contributed by atoms with E-state index >= 15 is 0 Å². The van der Waals surface area contributed by atoms with Crippen molar-refractivity contribution in [2.75, 3.05) is 23.7 Å². The van der Waals surface area contributed by atoms with Gasteiger partial charge < -0.3 is 10.1 Å². The van der Waals surface area contributed by atoms with Crippen molar-refractivity contribution in [2.45, 2.75) is 39.1 Å². The molecule has 1 aliphatic heterocycles. The number of nitrogens with zero attached hydrogens (tertiary/aromatic N) is 3. The highest BCUT2D eigenvalue weighted by molar-refractivity contribution is 7.92. The molecule has 3 rings (SSSR count). The van der Waals surface area contributed by atoms with Crippen LogP contribution in [0.2, 0.25) is 0 Å². The fourth-order valence-electron chi connectivity index (χ4n) is 3.40. The second-order valence-electron chi connectivity index (χ2n) is 8.68. The molecule has 0 fully saturated rings. The first-order chi connectivity index (χ1) is 14.6. The molecule has 0 bridgehead atoms. The molecule has 1 aromatic heterocycles. The van der Waals surface area contributed by atoms with E-state index in [0.717, 1.165) is 22.7 Å². The number of alkyl halides is 3. The van der Waals surface area contributed by atoms with E-state index in [0.29, 0.717) is 17.7 Å². The zero-order valence-electron chi connectivity index (χ0n) is 18.1. The molecule has 8 nitrogen and oxygen atoms in total. The predicted molar refractivity (Wildman–Crippen MR) is 113 cm³/mol. The number of ether oxygens (including phenoxy) is 1. The average Bonchev–Trinajstić information content (AvgIpc) is 3.07. The van der Waals surface area contributed by atoms with Gasteiger partial charge >= 0.3 is 12.3 Å². The summed E-state index contributed by atoms with van der Waals surface area (Å²) in [6, 6.07) is 4.47. The molecule has 2 aromatic rings. The fourth-order valence-corrected chi connectivity index (χ4v) is 4.39. The van der Waals surface area contributed by atoms with E-state index in [9.17, 15) is 26.4 Å². The van der Waals surface area contributed by atoms with Crippen LogP contribution < -0.4 is 9.62 Å². The minimum absolute atomic E-state index is 0.0773. The Balaban J connectivity index is 1.86. The Labute approximate surface area is 184 Å². The van der Waals surface area contributed by atoms with E-state index in [1.165, 1.54) is 23.0 Å². The van der Waals surface area contributed by atoms with Gasteiger partial charge in [-0.05, 0) is 38.5 Å². The maximum Gasteiger partial charge on any atom is 0.416 e. The number of hydrogen-bond acceptors (Lipinski definition) is 5. The van der Waals surface area contributed by atoms with Gasteiger partial charge in [0.1, 0.15) is 11.4 Å². The lowest BCUT2D eigenvalue weighted by molar-refractivity contribution is -0.137. The normalized spacial score (nSPS) is 17.1. The molecule has 1 amide bonds. The zero-order valence-corrected chi connectivity index (χ0v) is 18.9. The molecule has 0 radical (unpaired) electrons. The number of amides is 1. The highest BCUT2D eigenvalue weighted by atomic mass is 32.2. The summed E-state index contributed by atoms with van der Waals surface area (Å²) in [6.45, 7) is 5.76. The number of rotatable bonds is 4. The van der Waals surface area contributed by atoms with Gasteiger partial charge in [-0.2, -0.15) is 18.3 Å². The van der Waals surface area contributed by atoms with Crippen LogP contribution in [0, 0.1) is 5.92 Å². The number of fused-ring (bicyclic) bond motifs is 1. The summed E-state index contributed by atoms with van der Waals surface area (Å²) in [7, 11) is -3.72. The lowest BCUT2D eigenvalue weighted by Crippen LogP contribution is -2.46. The molecule has 0 spiro atoms. The summed E-state index contributed by atoms with van der Waals surface area (Å²) in [4.78, 5) is 11.9. The van der Waals surface area contributed by atoms with Crippen LogP contribution in [-0.2, 0) is 27.5 Å². The quantitative estimate of drug-likeness (QED) is 0.732. The number of anilines is 1. The summed E-state index contributed by atoms with van der Waals surface area (Å²) >= 11 is 0. The first kappa shape index (κ1) is 23.9. The number of nitrogens with one attached hydrogen (secondary N) is 1. The van der Waals surface area contributed by atoms with Crippen LogP contribution in [0.4, 0.5) is 23.8 Å². The number of sulfonamides is 1. The van der Waals surface area contributed by atoms with Crippen molar-refractivity contribution in [2.24, 2.45) is 5.92 Å². The standard InChI is InChI=1S/C20H25F3N4O4S/c1-19(2,3)31-18(28)24-9-13-11-26-17(27(12-13)32(4,29)30)16(10-25-26)14-5-7-15(8-6-14)20(21,22)23/h5-8,10,13H,9,11-12H2,1-4H3,(H,24,28). The highest BCUT2D eigenvalue weighted by Gasteiger charge is 2.34. The predicted octanol–water partition coefficient (Wildman–Crippen LogP) is 3.49. The Morgan fingerprint density at radius 1 is 1.19 bits per heavy atom. The smallest absolute Gasteiger partial charge is 0.416 e. The molecule has 32 heavy (non-hydrogen) atoms. The molecule has 1 aliphatic rings. The van der Waals surface area contributed by atoms with Crippen LogP contribution in [0.25, 0.3) is 11.1 Å². The maximum atomic E-state index is 12.9. The van der Waals surface area contributed by atoms with Crippen molar-refractivity contribution < 1.29 is 31.1 Å². The Morgan fingerprint density at radius 3 is 2.34 bits per heavy atom. The summed E-state index contributed by atoms with van der Waals surface area (Å²) in [5.74, 6) is -0.00845. The molecule has 0 saturated carbocycles. The molecular formula is C20H25F3N4O4S. The van der Waals surface area contributed by atoms with Gasteiger partial charge in [-0.3, -0.25) is 4.31 Å². The molecule has 2 heterocycles. The van der Waals surface area contributed by atoms with Gasteiger partial charge in [-0.25, -0.2) is 17.9 Å². The van der Waals surface area contributed by atoms with Gasteiger partial charge in [0, 0.05) is 31.1 Å². The number of hydrogen-bond donors (Lipinski definition) is 1. The Kier molecular flexibility index (Phi) is 6.20. The van der Waals surface area contributed by atoms with Crippen LogP contribution in [-0.4, -0.2) is 49.2 Å². The number of alkyl carbamates (subject to hydrolysis) is 1. The molecule has 0 saturated heterocycles. The third-order valence-corrected chi connectivity index (χ3v) is 5.88. The topological polar surface area (TPSA) is 93.5 Å². The van der Waals surface area contributed by atoms with Crippen LogP contribution in [0.1, 0.15) is 26.3 Å². The Hall–Kier alpha value is -2.76. The number of carbonyl (C=O) groups is 1. The maximum absolute atomic E-state index is 12.9. The van der Waals surface area contributed by atoms with Crippen molar-refractivity contribution in [3.8, 4) is 11.1 Å². The van der Waals surface area contributed by atoms with Gasteiger partial charge in [0.15, 0.2) is 0 Å². The van der Waals surface area contributed by atoms with Gasteiger partial charge in [0.2, 0.25) is 10.0 Å². The summed E-state index contributed by atoms with van der Waals surface area (Å²) in [5, 5.41) is 6.89. The number of halogens is 3. The molecule has 1 atom stereocenters. The zero-order chi connectivity index (χ0) is 23.9. The Morgan fingerprint density at radius 2 is 1.81 bits per heavy atom. The van der Waals surface area contributed by atoms with E-state index < -0.39 is 33.5 Å². The lowest BCUT2D eigenvalue weighted by atomic mass is 10.0. The molecule has 1 N–H and O–H groups in total. The number of benzene rings is 1. The minimum atomic E-state index is -4.47. The van der Waals surface area contributed by atoms with Gasteiger partial charge in [-0.1, -0.05) is 12.1 Å². The van der Waals surface area contributed by atoms with Crippen molar-refractivity contribution in [1.82, 2.24) is 15.1 Å². The van der Waals surface area contributed by atoms with Gasteiger partial charge in [0.05, 0.1) is 18.0 Å². The second-order valence-corrected chi connectivity index (χ2v) is 10.6. The molecular weight excluding hydrogens is 449 g/mol. The van der Waals surface area contributed by atoms with Crippen molar-refractivity contribution in [3.63, 3.8) is 0 Å². The third-order valence-electron chi connectivity index (χ3n) is 4.76. The van der Waals surface area contributed by atoms with E-state index in [1.807, 2.05) is 0 Å². The van der Waals surface area contributed by atoms with Crippen molar-refractivity contribution >= 4 is 21.9 Å². The second kappa shape index (κ2) is 8.30. The molecule has 12 heteroatoms. The first-order valence-corrected chi connectivity index (χ1v) is 11.7. The van der Waals surface area contributed by atoms with E-state index in [2.05, 4.69) is 10.4 Å². The van der Waals surface area contributed by atoms with Crippen LogP contribution >= 0.6 is 0 Å². The van der Waals surface area contributed by atoms with Gasteiger partial charge in [-0.15, -0.1) is 0 Å². The summed E-state index contributed by atoms with van der Waals surface area (Å²) < 4.78 is 71.5. The van der Waals surface area contributed by atoms with E-state index in [1.54, 1.807) is 20.8 Å². The Bertz CT molecular complexity index is 1090. The lowest BCUT2D eigenvalue weighted by Gasteiger charge is -2.34. The van der Waals surface area contributed by atoms with Crippen molar-refractivity contribution in [3.05, 3.63) is 36.0 Å². The van der Waals surface area contributed by atoms with Crippen molar-refractivity contribution in [1.29, 1.82) is 0 Å². The third kappa shape index (κ3) is 5.53. The molecule has 176 valence electrons. The molecule has 1 unspecified atom stereocenters. The first-order valence-electron chi connectivity index (χ1n) is 9.83. The SMILES string of the molecule is CC(C)(C)OC(=O)NCC1CN(S(C)(=O)=O)c2c(-c3ccc(C(F)(F)F)cc3)cnn2C1. The minimum Gasteiger partial charge on any atom is -0.444 e. The molecule has 1 aromatic carbocycles. The van der Waals surface area contributed by atoms with Gasteiger partial charge in [0.25, 0.3) is 0 Å². The van der Waals surface area contributed by atoms with E-state index in [-0.39, 0.29) is 24.8 Å². The number of carbonyl (C=O) groups excluding carboxylic acids is 1. The van der Waals surface area contributed by atoms with Crippen LogP contribution in [0.15, 0.2) is 30.5 Å². The van der Waals surface area contributed by atoms with Crippen LogP contribution in [0.5, 0.6) is 0 Å². The fraction of sp³-hybridized carbons (Fsp3) is 0.500. The molecule has 0 aliphatic carbocycles. The summed E-state index contributed by atoms with van der Waals surface area (Å²) in [6.07, 6.45) is -2.60. The monoisotopic (exact) mass is 474 g/mol. The van der Waals surface area contributed by atoms with Crippen LogP contribution in [0.3, 0.4) is 0 Å². The summed E-state index contributed by atoms with van der Waals surface area (Å²) in [5.41, 5.74) is -0.641. The number of aromatic nitrogens is 2.